The molecule has 0 radical (unpaired) electrons. The Morgan fingerprint density at radius 3 is 2.87 bits per heavy atom. The van der Waals surface area contributed by atoms with Crippen molar-refractivity contribution in [2.24, 2.45) is 0 Å². The molecule has 1 aliphatic carbocycles. The van der Waals surface area contributed by atoms with Crippen molar-refractivity contribution in [2.75, 3.05) is 0 Å². The van der Waals surface area contributed by atoms with Crippen LogP contribution in [0.25, 0.3) is 0 Å². The van der Waals surface area contributed by atoms with Gasteiger partial charge >= 0.3 is 6.09 Å². The molecule has 0 bridgehead atoms. The van der Waals surface area contributed by atoms with Gasteiger partial charge in [0.25, 0.3) is 0 Å². The van der Waals surface area contributed by atoms with Crippen LogP contribution in [0.5, 0.6) is 0 Å². The van der Waals surface area contributed by atoms with Gasteiger partial charge in [0.2, 0.25) is 5.89 Å². The molecular weight excluding hydrogens is 298 g/mol. The van der Waals surface area contributed by atoms with E-state index in [1.54, 1.807) is 0 Å². The normalized spacial score (nSPS) is 25.2. The lowest BCUT2D eigenvalue weighted by atomic mass is 9.79. The summed E-state index contributed by atoms with van der Waals surface area (Å²) in [6.07, 6.45) is 3.33. The summed E-state index contributed by atoms with van der Waals surface area (Å²) >= 11 is 0. The summed E-state index contributed by atoms with van der Waals surface area (Å²) in [5.74, 6) is 1.09. The van der Waals surface area contributed by atoms with E-state index in [4.69, 9.17) is 9.26 Å². The Hall–Kier alpha value is -1.63. The zero-order valence-electron chi connectivity index (χ0n) is 14.4. The Labute approximate surface area is 136 Å². The smallest absolute Gasteiger partial charge is 0.407 e. The van der Waals surface area contributed by atoms with Gasteiger partial charge < -0.3 is 19.7 Å². The summed E-state index contributed by atoms with van der Waals surface area (Å²) in [7, 11) is 0. The monoisotopic (exact) mass is 325 g/mol. The summed E-state index contributed by atoms with van der Waals surface area (Å²) < 4.78 is 10.4. The lowest BCUT2D eigenvalue weighted by molar-refractivity contribution is -0.0149. The first-order valence-electron chi connectivity index (χ1n) is 8.22. The maximum atomic E-state index is 11.9. The van der Waals surface area contributed by atoms with Crippen LogP contribution in [0.1, 0.15) is 65.1 Å². The molecule has 1 aromatic heterocycles. The molecule has 0 unspecified atom stereocenters. The highest BCUT2D eigenvalue weighted by atomic mass is 16.6. The number of carbonyl (C=O) groups excluding carboxylic acids is 1. The molecule has 2 atom stereocenters. The SMILES string of the molecule is CCc1noc(C[C@@]2(O)CCC[C@@H](NC(=O)OC(C)(C)C)C2)n1. The second-order valence-corrected chi connectivity index (χ2v) is 7.30. The zero-order valence-corrected chi connectivity index (χ0v) is 14.4. The van der Waals surface area contributed by atoms with E-state index < -0.39 is 17.3 Å². The number of nitrogens with one attached hydrogen (secondary N) is 1. The summed E-state index contributed by atoms with van der Waals surface area (Å²) in [5, 5.41) is 17.5. The van der Waals surface area contributed by atoms with Gasteiger partial charge in [-0.15, -0.1) is 0 Å². The minimum Gasteiger partial charge on any atom is -0.444 e. The van der Waals surface area contributed by atoms with Crippen molar-refractivity contribution in [2.45, 2.75) is 83.5 Å². The lowest BCUT2D eigenvalue weighted by Crippen LogP contribution is -2.48. The number of amides is 1. The van der Waals surface area contributed by atoms with E-state index in [0.717, 1.165) is 12.8 Å². The first-order chi connectivity index (χ1) is 10.7. The van der Waals surface area contributed by atoms with Crippen LogP contribution in [0.4, 0.5) is 4.79 Å². The van der Waals surface area contributed by atoms with Gasteiger partial charge in [-0.2, -0.15) is 4.98 Å². The van der Waals surface area contributed by atoms with Crippen molar-refractivity contribution in [3.05, 3.63) is 11.7 Å². The summed E-state index contributed by atoms with van der Waals surface area (Å²) in [5.41, 5.74) is -1.47. The highest BCUT2D eigenvalue weighted by Gasteiger charge is 2.37. The Balaban J connectivity index is 1.92. The maximum absolute atomic E-state index is 11.9. The average molecular weight is 325 g/mol. The maximum Gasteiger partial charge on any atom is 0.407 e. The summed E-state index contributed by atoms with van der Waals surface area (Å²) in [4.78, 5) is 16.1. The van der Waals surface area contributed by atoms with Crippen LogP contribution in [-0.2, 0) is 17.6 Å². The van der Waals surface area contributed by atoms with Gasteiger partial charge in [-0.1, -0.05) is 12.1 Å². The number of rotatable bonds is 4. The molecule has 1 aliphatic rings. The number of aromatic nitrogens is 2. The quantitative estimate of drug-likeness (QED) is 0.882. The van der Waals surface area contributed by atoms with Crippen LogP contribution in [0, 0.1) is 0 Å². The molecule has 1 fully saturated rings. The van der Waals surface area contributed by atoms with Gasteiger partial charge in [0.05, 0.1) is 12.0 Å². The largest absolute Gasteiger partial charge is 0.444 e. The number of hydrogen-bond donors (Lipinski definition) is 2. The second kappa shape index (κ2) is 6.86. The molecule has 2 rings (SSSR count). The van der Waals surface area contributed by atoms with Crippen molar-refractivity contribution in [1.29, 1.82) is 0 Å². The summed E-state index contributed by atoms with van der Waals surface area (Å²) in [6, 6.07) is -0.114. The molecule has 1 heterocycles. The Morgan fingerprint density at radius 2 is 2.26 bits per heavy atom. The molecule has 1 saturated carbocycles. The molecule has 2 N–H and O–H groups in total. The van der Waals surface area contributed by atoms with Gasteiger partial charge in [0.1, 0.15) is 5.60 Å². The highest BCUT2D eigenvalue weighted by molar-refractivity contribution is 5.68. The fourth-order valence-electron chi connectivity index (χ4n) is 2.89. The van der Waals surface area contributed by atoms with Gasteiger partial charge in [-0.3, -0.25) is 0 Å². The fraction of sp³-hybridized carbons (Fsp3) is 0.812. The molecule has 1 amide bonds. The Morgan fingerprint density at radius 1 is 1.52 bits per heavy atom. The standard InChI is InChI=1S/C16H27N3O4/c1-5-12-18-13(23-19-12)10-16(21)8-6-7-11(9-16)17-14(20)22-15(2,3)4/h11,21H,5-10H2,1-4H3,(H,17,20)/t11-,16-/m1/s1. The van der Waals surface area contributed by atoms with Crippen molar-refractivity contribution in [3.63, 3.8) is 0 Å². The van der Waals surface area contributed by atoms with Gasteiger partial charge in [-0.05, 0) is 46.5 Å². The predicted molar refractivity (Wildman–Crippen MR) is 84.0 cm³/mol. The second-order valence-electron chi connectivity index (χ2n) is 7.30. The van der Waals surface area contributed by atoms with Gasteiger partial charge in [0, 0.05) is 12.5 Å². The number of hydrogen-bond acceptors (Lipinski definition) is 6. The zero-order chi connectivity index (χ0) is 17.1. The minimum atomic E-state index is -0.935. The van der Waals surface area contributed by atoms with E-state index in [1.165, 1.54) is 0 Å². The molecular formula is C16H27N3O4. The van der Waals surface area contributed by atoms with E-state index in [0.29, 0.717) is 37.4 Å². The third-order valence-corrected chi connectivity index (χ3v) is 3.85. The summed E-state index contributed by atoms with van der Waals surface area (Å²) in [6.45, 7) is 7.42. The molecule has 0 saturated heterocycles. The van der Waals surface area contributed by atoms with Crippen LogP contribution in [0.15, 0.2) is 4.52 Å². The molecule has 0 spiro atoms. The predicted octanol–water partition coefficient (Wildman–Crippen LogP) is 2.37. The molecule has 7 nitrogen and oxygen atoms in total. The topological polar surface area (TPSA) is 97.5 Å². The van der Waals surface area contributed by atoms with Crippen LogP contribution >= 0.6 is 0 Å². The fourth-order valence-corrected chi connectivity index (χ4v) is 2.89. The minimum absolute atomic E-state index is 0.114. The average Bonchev–Trinajstić information content (AvgIpc) is 2.83. The molecule has 130 valence electrons. The third kappa shape index (κ3) is 5.49. The molecule has 0 aromatic carbocycles. The number of carbonyl (C=O) groups is 1. The van der Waals surface area contributed by atoms with Crippen LogP contribution in [0.2, 0.25) is 0 Å². The van der Waals surface area contributed by atoms with Gasteiger partial charge in [-0.25, -0.2) is 4.79 Å². The number of aliphatic hydroxyl groups is 1. The van der Waals surface area contributed by atoms with Crippen LogP contribution in [0.3, 0.4) is 0 Å². The number of nitrogens with zero attached hydrogens (tertiary/aromatic N) is 2. The van der Waals surface area contributed by atoms with E-state index in [1.807, 2.05) is 27.7 Å². The first-order valence-corrected chi connectivity index (χ1v) is 8.22. The number of ether oxygens (including phenoxy) is 1. The molecule has 7 heteroatoms. The lowest BCUT2D eigenvalue weighted by Gasteiger charge is -2.36. The third-order valence-electron chi connectivity index (χ3n) is 3.85. The van der Waals surface area contributed by atoms with Crippen LogP contribution < -0.4 is 5.32 Å². The number of alkyl carbamates (subject to hydrolysis) is 1. The highest BCUT2D eigenvalue weighted by Crippen LogP contribution is 2.31. The first kappa shape index (κ1) is 17.7. The number of aryl methyl sites for hydroxylation is 1. The van der Waals surface area contributed by atoms with E-state index in [-0.39, 0.29) is 6.04 Å². The van der Waals surface area contributed by atoms with Crippen molar-refractivity contribution in [3.8, 4) is 0 Å². The van der Waals surface area contributed by atoms with Crippen LogP contribution in [-0.4, -0.2) is 38.6 Å². The Kier molecular flexibility index (Phi) is 5.29. The Bertz CT molecular complexity index is 538. The molecule has 1 aromatic rings. The van der Waals surface area contributed by atoms with Crippen molar-refractivity contribution in [1.82, 2.24) is 15.5 Å². The van der Waals surface area contributed by atoms with Crippen molar-refractivity contribution < 1.29 is 19.2 Å². The van der Waals surface area contributed by atoms with E-state index in [2.05, 4.69) is 15.5 Å². The van der Waals surface area contributed by atoms with Gasteiger partial charge in [0.15, 0.2) is 5.82 Å². The molecule has 23 heavy (non-hydrogen) atoms. The van der Waals surface area contributed by atoms with Crippen molar-refractivity contribution >= 4 is 6.09 Å². The molecule has 0 aliphatic heterocycles. The van der Waals surface area contributed by atoms with E-state index >= 15 is 0 Å². The van der Waals surface area contributed by atoms with E-state index in [9.17, 15) is 9.90 Å².